The van der Waals surface area contributed by atoms with Crippen molar-refractivity contribution in [2.24, 2.45) is 5.10 Å². The lowest BCUT2D eigenvalue weighted by Crippen LogP contribution is -1.90. The maximum absolute atomic E-state index is 6.19. The number of anilines is 1. The molecule has 1 N–H and O–H groups in total. The van der Waals surface area contributed by atoms with Crippen LogP contribution in [-0.4, -0.2) is 11.2 Å². The number of hydrazone groups is 1. The van der Waals surface area contributed by atoms with Crippen molar-refractivity contribution in [3.63, 3.8) is 0 Å². The van der Waals surface area contributed by atoms with E-state index in [0.717, 1.165) is 16.8 Å². The van der Waals surface area contributed by atoms with Gasteiger partial charge in [-0.3, -0.25) is 5.43 Å². The van der Waals surface area contributed by atoms with Gasteiger partial charge >= 0.3 is 0 Å². The second-order valence-electron chi connectivity index (χ2n) is 4.58. The average Bonchev–Trinajstić information content (AvgIpc) is 2.98. The summed E-state index contributed by atoms with van der Waals surface area (Å²) in [5, 5.41) is 8.61. The molecule has 116 valence electrons. The van der Waals surface area contributed by atoms with Crippen LogP contribution >= 0.6 is 46.1 Å². The molecule has 0 saturated carbocycles. The summed E-state index contributed by atoms with van der Waals surface area (Å²) in [4.78, 5) is 4.46. The van der Waals surface area contributed by atoms with Crippen LogP contribution in [0.1, 0.15) is 5.56 Å². The number of nitrogens with one attached hydrogen (secondary N) is 1. The van der Waals surface area contributed by atoms with E-state index in [4.69, 9.17) is 34.8 Å². The van der Waals surface area contributed by atoms with Crippen molar-refractivity contribution < 1.29 is 0 Å². The SMILES string of the molecule is Clc1ccc(/C=N\Nc2nc(-c3ccc(Cl)cc3Cl)cs2)cc1. The van der Waals surface area contributed by atoms with Crippen molar-refractivity contribution in [2.75, 3.05) is 5.43 Å². The van der Waals surface area contributed by atoms with Crippen LogP contribution in [0.5, 0.6) is 0 Å². The maximum atomic E-state index is 6.19. The first kappa shape index (κ1) is 16.3. The Kier molecular flexibility index (Phi) is 5.18. The average molecular weight is 383 g/mol. The molecule has 0 aliphatic heterocycles. The first-order valence-corrected chi connectivity index (χ1v) is 8.59. The smallest absolute Gasteiger partial charge is 0.203 e. The van der Waals surface area contributed by atoms with E-state index in [9.17, 15) is 0 Å². The molecule has 0 atom stereocenters. The van der Waals surface area contributed by atoms with Crippen molar-refractivity contribution in [3.8, 4) is 11.3 Å². The van der Waals surface area contributed by atoms with Gasteiger partial charge in [-0.2, -0.15) is 5.10 Å². The highest BCUT2D eigenvalue weighted by atomic mass is 35.5. The van der Waals surface area contributed by atoms with E-state index < -0.39 is 0 Å². The van der Waals surface area contributed by atoms with Crippen LogP contribution in [0.2, 0.25) is 15.1 Å². The molecule has 0 fully saturated rings. The second-order valence-corrected chi connectivity index (χ2v) is 6.72. The van der Waals surface area contributed by atoms with Crippen LogP contribution in [0.25, 0.3) is 11.3 Å². The Morgan fingerprint density at radius 1 is 1.00 bits per heavy atom. The Balaban J connectivity index is 1.71. The zero-order chi connectivity index (χ0) is 16.2. The molecule has 0 aliphatic carbocycles. The van der Waals surface area contributed by atoms with E-state index in [0.29, 0.717) is 20.2 Å². The first-order chi connectivity index (χ1) is 11.1. The lowest BCUT2D eigenvalue weighted by Gasteiger charge is -2.00. The highest BCUT2D eigenvalue weighted by molar-refractivity contribution is 7.14. The number of hydrogen-bond donors (Lipinski definition) is 1. The summed E-state index contributed by atoms with van der Waals surface area (Å²) >= 11 is 19.4. The molecule has 3 rings (SSSR count). The largest absolute Gasteiger partial charge is 0.253 e. The highest BCUT2D eigenvalue weighted by Crippen LogP contribution is 2.32. The maximum Gasteiger partial charge on any atom is 0.203 e. The minimum Gasteiger partial charge on any atom is -0.253 e. The van der Waals surface area contributed by atoms with Crippen LogP contribution in [-0.2, 0) is 0 Å². The minimum atomic E-state index is 0.569. The Morgan fingerprint density at radius 3 is 2.48 bits per heavy atom. The van der Waals surface area contributed by atoms with E-state index in [1.54, 1.807) is 18.3 Å². The number of rotatable bonds is 4. The number of hydrogen-bond acceptors (Lipinski definition) is 4. The van der Waals surface area contributed by atoms with Gasteiger partial charge in [-0.15, -0.1) is 11.3 Å². The van der Waals surface area contributed by atoms with E-state index in [1.165, 1.54) is 11.3 Å². The third-order valence-electron chi connectivity index (χ3n) is 2.96. The third-order valence-corrected chi connectivity index (χ3v) is 4.50. The van der Waals surface area contributed by atoms with Gasteiger partial charge < -0.3 is 0 Å². The van der Waals surface area contributed by atoms with E-state index in [1.807, 2.05) is 35.7 Å². The standard InChI is InChI=1S/C16H10Cl3N3S/c17-11-3-1-10(2-4-11)8-20-22-16-21-15(9-23-16)13-6-5-12(18)7-14(13)19/h1-9H,(H,21,22)/b20-8-. The fraction of sp³-hybridized carbons (Fsp3) is 0. The quantitative estimate of drug-likeness (QED) is 0.430. The highest BCUT2D eigenvalue weighted by Gasteiger charge is 2.08. The van der Waals surface area contributed by atoms with E-state index >= 15 is 0 Å². The first-order valence-electron chi connectivity index (χ1n) is 6.57. The molecule has 3 nitrogen and oxygen atoms in total. The molecular formula is C16H10Cl3N3S. The van der Waals surface area contributed by atoms with Crippen molar-refractivity contribution in [1.29, 1.82) is 0 Å². The Labute approximate surface area is 152 Å². The van der Waals surface area contributed by atoms with Gasteiger partial charge in [0.2, 0.25) is 5.13 Å². The topological polar surface area (TPSA) is 37.3 Å². The Bertz CT molecular complexity index is 844. The minimum absolute atomic E-state index is 0.569. The zero-order valence-electron chi connectivity index (χ0n) is 11.6. The molecule has 23 heavy (non-hydrogen) atoms. The summed E-state index contributed by atoms with van der Waals surface area (Å²) in [6.07, 6.45) is 1.70. The molecule has 0 spiro atoms. The second kappa shape index (κ2) is 7.32. The molecular weight excluding hydrogens is 373 g/mol. The van der Waals surface area contributed by atoms with Gasteiger partial charge in [0.25, 0.3) is 0 Å². The summed E-state index contributed by atoms with van der Waals surface area (Å²) in [5.41, 5.74) is 5.46. The van der Waals surface area contributed by atoms with Gasteiger partial charge in [0.1, 0.15) is 0 Å². The van der Waals surface area contributed by atoms with Crippen molar-refractivity contribution >= 4 is 57.5 Å². The molecule has 0 saturated heterocycles. The Morgan fingerprint density at radius 2 is 1.74 bits per heavy atom. The molecule has 7 heteroatoms. The molecule has 2 aromatic carbocycles. The summed E-state index contributed by atoms with van der Waals surface area (Å²) < 4.78 is 0. The van der Waals surface area contributed by atoms with Gasteiger partial charge in [0, 0.05) is 21.0 Å². The fourth-order valence-corrected chi connectivity index (χ4v) is 3.15. The van der Waals surface area contributed by atoms with Gasteiger partial charge in [-0.05, 0) is 35.9 Å². The van der Waals surface area contributed by atoms with E-state index in [-0.39, 0.29) is 0 Å². The lowest BCUT2D eigenvalue weighted by molar-refractivity contribution is 1.29. The number of halogens is 3. The van der Waals surface area contributed by atoms with Gasteiger partial charge in [0.15, 0.2) is 0 Å². The van der Waals surface area contributed by atoms with Crippen LogP contribution < -0.4 is 5.43 Å². The molecule has 3 aromatic rings. The summed E-state index contributed by atoms with van der Waals surface area (Å²) in [7, 11) is 0. The van der Waals surface area contributed by atoms with Gasteiger partial charge in [-0.25, -0.2) is 4.98 Å². The zero-order valence-corrected chi connectivity index (χ0v) is 14.7. The van der Waals surface area contributed by atoms with Gasteiger partial charge in [-0.1, -0.05) is 46.9 Å². The normalized spacial score (nSPS) is 11.1. The van der Waals surface area contributed by atoms with Crippen molar-refractivity contribution in [3.05, 3.63) is 68.5 Å². The summed E-state index contributed by atoms with van der Waals surface area (Å²) in [6.45, 7) is 0. The van der Waals surface area contributed by atoms with Crippen molar-refractivity contribution in [2.45, 2.75) is 0 Å². The Hall–Kier alpha value is -1.59. The third kappa shape index (κ3) is 4.24. The molecule has 0 bridgehead atoms. The van der Waals surface area contributed by atoms with Crippen LogP contribution in [0.4, 0.5) is 5.13 Å². The van der Waals surface area contributed by atoms with Crippen LogP contribution in [0.15, 0.2) is 52.9 Å². The van der Waals surface area contributed by atoms with Gasteiger partial charge in [0.05, 0.1) is 16.9 Å². The molecule has 0 unspecified atom stereocenters. The summed E-state index contributed by atoms with van der Waals surface area (Å²) in [5.74, 6) is 0. The number of nitrogens with zero attached hydrogens (tertiary/aromatic N) is 2. The monoisotopic (exact) mass is 381 g/mol. The summed E-state index contributed by atoms with van der Waals surface area (Å²) in [6, 6.07) is 12.7. The predicted molar refractivity (Wildman–Crippen MR) is 100 cm³/mol. The van der Waals surface area contributed by atoms with Crippen molar-refractivity contribution in [1.82, 2.24) is 4.98 Å². The molecule has 0 aliphatic rings. The predicted octanol–water partition coefficient (Wildman–Crippen LogP) is 6.22. The fourth-order valence-electron chi connectivity index (χ4n) is 1.86. The number of aromatic nitrogens is 1. The molecule has 0 radical (unpaired) electrons. The van der Waals surface area contributed by atoms with Crippen LogP contribution in [0, 0.1) is 0 Å². The van der Waals surface area contributed by atoms with Crippen LogP contribution in [0.3, 0.4) is 0 Å². The van der Waals surface area contributed by atoms with E-state index in [2.05, 4.69) is 15.5 Å². The lowest BCUT2D eigenvalue weighted by atomic mass is 10.2. The molecule has 1 aromatic heterocycles. The molecule has 0 amide bonds. The molecule has 1 heterocycles. The number of benzene rings is 2. The number of thiazole rings is 1.